The van der Waals surface area contributed by atoms with Crippen LogP contribution in [-0.4, -0.2) is 12.9 Å². The first kappa shape index (κ1) is 17.1. The van der Waals surface area contributed by atoms with Crippen molar-refractivity contribution < 1.29 is 17.9 Å². The van der Waals surface area contributed by atoms with Crippen LogP contribution in [0.15, 0.2) is 22.7 Å². The van der Waals surface area contributed by atoms with Crippen LogP contribution < -0.4 is 10.1 Å². The summed E-state index contributed by atoms with van der Waals surface area (Å²) in [6, 6.07) is 4.47. The third-order valence-corrected chi connectivity index (χ3v) is 3.39. The molecule has 0 atom stereocenters. The summed E-state index contributed by atoms with van der Waals surface area (Å²) in [7, 11) is 0. The number of benzene rings is 1. The summed E-state index contributed by atoms with van der Waals surface area (Å²) >= 11 is 3.08. The number of hydrogen-bond donors (Lipinski definition) is 1. The molecule has 0 aliphatic rings. The summed E-state index contributed by atoms with van der Waals surface area (Å²) in [6.45, 7) is 2.98. The fourth-order valence-electron chi connectivity index (χ4n) is 1.78. The number of hydrogen-bond acceptors (Lipinski definition) is 2. The first-order valence-electron chi connectivity index (χ1n) is 6.71. The van der Waals surface area contributed by atoms with Crippen molar-refractivity contribution in [2.24, 2.45) is 0 Å². The number of anilines is 1. The predicted molar refractivity (Wildman–Crippen MR) is 78.1 cm³/mol. The molecule has 1 rings (SSSR count). The lowest BCUT2D eigenvalue weighted by Crippen LogP contribution is -2.17. The molecule has 1 aromatic rings. The van der Waals surface area contributed by atoms with Crippen molar-refractivity contribution in [3.05, 3.63) is 22.7 Å². The van der Waals surface area contributed by atoms with E-state index in [9.17, 15) is 13.2 Å². The Kier molecular flexibility index (Phi) is 7.19. The van der Waals surface area contributed by atoms with Crippen LogP contribution in [0.1, 0.15) is 39.0 Å². The summed E-state index contributed by atoms with van der Waals surface area (Å²) in [5.41, 5.74) is 0.780. The Morgan fingerprint density at radius 2 is 1.85 bits per heavy atom. The third-order valence-electron chi connectivity index (χ3n) is 2.77. The van der Waals surface area contributed by atoms with E-state index < -0.39 is 6.36 Å². The Hall–Kier alpha value is -0.910. The molecular formula is C14H19BrF3NO. The van der Waals surface area contributed by atoms with Gasteiger partial charge in [-0.25, -0.2) is 0 Å². The third kappa shape index (κ3) is 7.03. The highest BCUT2D eigenvalue weighted by Gasteiger charge is 2.31. The van der Waals surface area contributed by atoms with Gasteiger partial charge in [0.15, 0.2) is 0 Å². The van der Waals surface area contributed by atoms with E-state index in [0.717, 1.165) is 25.1 Å². The molecule has 0 saturated heterocycles. The van der Waals surface area contributed by atoms with Gasteiger partial charge < -0.3 is 10.1 Å². The predicted octanol–water partition coefficient (Wildman–Crippen LogP) is 5.73. The Balaban J connectivity index is 2.39. The fraction of sp³-hybridized carbons (Fsp3) is 0.571. The molecule has 0 bridgehead atoms. The topological polar surface area (TPSA) is 21.3 Å². The van der Waals surface area contributed by atoms with Crippen molar-refractivity contribution in [3.8, 4) is 5.75 Å². The maximum Gasteiger partial charge on any atom is 0.573 e. The summed E-state index contributed by atoms with van der Waals surface area (Å²) in [5, 5.41) is 3.19. The van der Waals surface area contributed by atoms with Gasteiger partial charge in [0.1, 0.15) is 5.75 Å². The summed E-state index contributed by atoms with van der Waals surface area (Å²) in [4.78, 5) is 0. The normalized spacial score (nSPS) is 11.4. The minimum Gasteiger partial charge on any atom is -0.405 e. The summed E-state index contributed by atoms with van der Waals surface area (Å²) in [5.74, 6) is -0.231. The zero-order valence-corrected chi connectivity index (χ0v) is 13.0. The van der Waals surface area contributed by atoms with Gasteiger partial charge in [0.25, 0.3) is 0 Å². The first-order chi connectivity index (χ1) is 9.42. The van der Waals surface area contributed by atoms with Gasteiger partial charge in [-0.3, -0.25) is 0 Å². The zero-order chi connectivity index (χ0) is 15.0. The zero-order valence-electron chi connectivity index (χ0n) is 11.4. The number of nitrogens with one attached hydrogen (secondary N) is 1. The Morgan fingerprint density at radius 3 is 2.45 bits per heavy atom. The molecular weight excluding hydrogens is 335 g/mol. The molecule has 114 valence electrons. The van der Waals surface area contributed by atoms with Crippen molar-refractivity contribution in [3.63, 3.8) is 0 Å². The molecule has 0 saturated carbocycles. The van der Waals surface area contributed by atoms with Gasteiger partial charge in [-0.1, -0.05) is 32.6 Å². The van der Waals surface area contributed by atoms with Crippen LogP contribution in [0.5, 0.6) is 5.75 Å². The van der Waals surface area contributed by atoms with Crippen LogP contribution >= 0.6 is 15.9 Å². The van der Waals surface area contributed by atoms with Crippen molar-refractivity contribution in [2.75, 3.05) is 11.9 Å². The van der Waals surface area contributed by atoms with Gasteiger partial charge >= 0.3 is 6.36 Å². The molecule has 1 N–H and O–H groups in total. The van der Waals surface area contributed by atoms with Gasteiger partial charge in [0.05, 0.1) is 4.47 Å². The smallest absolute Gasteiger partial charge is 0.405 e. The maximum absolute atomic E-state index is 12.1. The molecule has 0 aliphatic carbocycles. The molecule has 0 aromatic heterocycles. The summed E-state index contributed by atoms with van der Waals surface area (Å²) in [6.07, 6.45) is 1.22. The molecule has 6 heteroatoms. The summed E-state index contributed by atoms with van der Waals surface area (Å²) < 4.78 is 40.5. The lowest BCUT2D eigenvalue weighted by atomic mass is 10.1. The quantitative estimate of drug-likeness (QED) is 0.602. The minimum atomic E-state index is -4.67. The van der Waals surface area contributed by atoms with Crippen LogP contribution in [0.4, 0.5) is 18.9 Å². The second kappa shape index (κ2) is 8.39. The van der Waals surface area contributed by atoms with Crippen LogP contribution in [0.2, 0.25) is 0 Å². The second-order valence-electron chi connectivity index (χ2n) is 4.53. The van der Waals surface area contributed by atoms with Crippen molar-refractivity contribution in [1.82, 2.24) is 0 Å². The van der Waals surface area contributed by atoms with Gasteiger partial charge in [0.2, 0.25) is 0 Å². The molecule has 0 aliphatic heterocycles. The fourth-order valence-corrected chi connectivity index (χ4v) is 2.24. The molecule has 0 heterocycles. The number of rotatable bonds is 8. The molecule has 2 nitrogen and oxygen atoms in total. The largest absolute Gasteiger partial charge is 0.573 e. The number of alkyl halides is 3. The molecule has 0 unspecified atom stereocenters. The maximum atomic E-state index is 12.1. The second-order valence-corrected chi connectivity index (χ2v) is 5.39. The first-order valence-corrected chi connectivity index (χ1v) is 7.51. The van der Waals surface area contributed by atoms with E-state index in [2.05, 4.69) is 32.9 Å². The Morgan fingerprint density at radius 1 is 1.15 bits per heavy atom. The van der Waals surface area contributed by atoms with Gasteiger partial charge in [-0.2, -0.15) is 0 Å². The van der Waals surface area contributed by atoms with Crippen LogP contribution in [-0.2, 0) is 0 Å². The highest BCUT2D eigenvalue weighted by Crippen LogP contribution is 2.32. The standard InChI is InChI=1S/C14H19BrF3NO/c1-2-3-4-5-6-9-19-11-7-8-13(12(15)10-11)20-14(16,17)18/h7-8,10,19H,2-6,9H2,1H3. The van der Waals surface area contributed by atoms with Gasteiger partial charge in [-0.15, -0.1) is 13.2 Å². The van der Waals surface area contributed by atoms with Crippen molar-refractivity contribution >= 4 is 21.6 Å². The van der Waals surface area contributed by atoms with Crippen LogP contribution in [0, 0.1) is 0 Å². The van der Waals surface area contributed by atoms with E-state index in [-0.39, 0.29) is 10.2 Å². The lowest BCUT2D eigenvalue weighted by Gasteiger charge is -2.12. The van der Waals surface area contributed by atoms with E-state index in [1.165, 1.54) is 25.3 Å². The number of halogens is 4. The van der Waals surface area contributed by atoms with E-state index in [1.807, 2.05) is 0 Å². The van der Waals surface area contributed by atoms with Gasteiger partial charge in [-0.05, 0) is 40.5 Å². The van der Waals surface area contributed by atoms with Gasteiger partial charge in [0, 0.05) is 12.2 Å². The average Bonchev–Trinajstić information content (AvgIpc) is 2.35. The Bertz CT molecular complexity index is 410. The Labute approximate surface area is 125 Å². The molecule has 0 amide bonds. The van der Waals surface area contributed by atoms with Crippen LogP contribution in [0.25, 0.3) is 0 Å². The highest BCUT2D eigenvalue weighted by molar-refractivity contribution is 9.10. The molecule has 0 radical (unpaired) electrons. The van der Waals surface area contributed by atoms with E-state index in [0.29, 0.717) is 0 Å². The SMILES string of the molecule is CCCCCCCNc1ccc(OC(F)(F)F)c(Br)c1. The van der Waals surface area contributed by atoms with E-state index in [1.54, 1.807) is 12.1 Å². The molecule has 20 heavy (non-hydrogen) atoms. The minimum absolute atomic E-state index is 0.231. The lowest BCUT2D eigenvalue weighted by molar-refractivity contribution is -0.274. The molecule has 1 aromatic carbocycles. The average molecular weight is 354 g/mol. The molecule has 0 fully saturated rings. The molecule has 0 spiro atoms. The number of unbranched alkanes of at least 4 members (excludes halogenated alkanes) is 4. The number of ether oxygens (including phenoxy) is 1. The van der Waals surface area contributed by atoms with E-state index in [4.69, 9.17) is 0 Å². The van der Waals surface area contributed by atoms with Crippen molar-refractivity contribution in [2.45, 2.75) is 45.4 Å². The van der Waals surface area contributed by atoms with E-state index >= 15 is 0 Å². The monoisotopic (exact) mass is 353 g/mol. The van der Waals surface area contributed by atoms with Crippen LogP contribution in [0.3, 0.4) is 0 Å². The van der Waals surface area contributed by atoms with Crippen molar-refractivity contribution in [1.29, 1.82) is 0 Å². The highest BCUT2D eigenvalue weighted by atomic mass is 79.9.